The van der Waals surface area contributed by atoms with Crippen LogP contribution in [0.4, 0.5) is 4.79 Å². The van der Waals surface area contributed by atoms with Crippen LogP contribution in [-0.4, -0.2) is 52.9 Å². The molecule has 0 radical (unpaired) electrons. The molecule has 3 atom stereocenters. The first-order chi connectivity index (χ1) is 18.6. The molecule has 0 saturated carbocycles. The fraction of sp³-hybridized carbons (Fsp3) is 0.367. The van der Waals surface area contributed by atoms with Crippen LogP contribution in [0.1, 0.15) is 44.5 Å². The van der Waals surface area contributed by atoms with Crippen molar-refractivity contribution in [3.8, 4) is 11.3 Å². The number of aliphatic hydroxyl groups excluding tert-OH is 1. The first kappa shape index (κ1) is 29.8. The first-order valence-electron chi connectivity index (χ1n) is 13.0. The van der Waals surface area contributed by atoms with E-state index in [1.165, 1.54) is 12.1 Å². The van der Waals surface area contributed by atoms with E-state index in [2.05, 4.69) is 15.6 Å². The highest BCUT2D eigenvalue weighted by Gasteiger charge is 2.35. The number of amides is 2. The third kappa shape index (κ3) is 8.88. The van der Waals surface area contributed by atoms with Gasteiger partial charge in [-0.05, 0) is 41.5 Å². The SMILES string of the molecule is COC(=O)N[C@H](C(=O)N[C@H](c1ccc(-c2ccccn2)cc1)N(N)C[C@@H](O)CCc1ccccc1)C(C)(C)C. The molecule has 0 bridgehead atoms. The number of hydrogen-bond acceptors (Lipinski definition) is 7. The summed E-state index contributed by atoms with van der Waals surface area (Å²) < 4.78 is 4.73. The van der Waals surface area contributed by atoms with Gasteiger partial charge < -0.3 is 20.5 Å². The maximum Gasteiger partial charge on any atom is 0.407 e. The van der Waals surface area contributed by atoms with E-state index >= 15 is 0 Å². The van der Waals surface area contributed by atoms with Crippen molar-refractivity contribution in [2.24, 2.45) is 11.3 Å². The van der Waals surface area contributed by atoms with Gasteiger partial charge in [-0.2, -0.15) is 0 Å². The minimum absolute atomic E-state index is 0.115. The van der Waals surface area contributed by atoms with E-state index in [1.807, 2.05) is 93.6 Å². The maximum absolute atomic E-state index is 13.5. The molecular formula is C30H39N5O4. The van der Waals surface area contributed by atoms with Gasteiger partial charge >= 0.3 is 6.09 Å². The van der Waals surface area contributed by atoms with Gasteiger partial charge in [0.2, 0.25) is 5.91 Å². The number of hydrogen-bond donors (Lipinski definition) is 4. The molecule has 3 aromatic rings. The van der Waals surface area contributed by atoms with Crippen molar-refractivity contribution < 1.29 is 19.4 Å². The largest absolute Gasteiger partial charge is 0.453 e. The minimum atomic E-state index is -0.892. The number of aliphatic hydroxyl groups is 1. The van der Waals surface area contributed by atoms with E-state index in [0.29, 0.717) is 18.4 Å². The van der Waals surface area contributed by atoms with Crippen molar-refractivity contribution in [3.05, 3.63) is 90.1 Å². The summed E-state index contributed by atoms with van der Waals surface area (Å²) in [6.07, 6.45) is 0.722. The van der Waals surface area contributed by atoms with E-state index < -0.39 is 35.7 Å². The van der Waals surface area contributed by atoms with Crippen molar-refractivity contribution in [1.82, 2.24) is 20.6 Å². The third-order valence-electron chi connectivity index (χ3n) is 6.40. The smallest absolute Gasteiger partial charge is 0.407 e. The number of carbonyl (C=O) groups excluding carboxylic acids is 2. The predicted octanol–water partition coefficient (Wildman–Crippen LogP) is 3.80. The molecule has 5 N–H and O–H groups in total. The Kier molecular flexibility index (Phi) is 10.6. The number of benzene rings is 2. The van der Waals surface area contributed by atoms with Crippen LogP contribution >= 0.6 is 0 Å². The van der Waals surface area contributed by atoms with E-state index in [4.69, 9.17) is 10.6 Å². The molecule has 3 rings (SSSR count). The number of aromatic nitrogens is 1. The molecule has 208 valence electrons. The number of hydrazine groups is 1. The molecule has 39 heavy (non-hydrogen) atoms. The predicted molar refractivity (Wildman–Crippen MR) is 151 cm³/mol. The van der Waals surface area contributed by atoms with Crippen LogP contribution in [-0.2, 0) is 16.0 Å². The summed E-state index contributed by atoms with van der Waals surface area (Å²) in [7, 11) is 1.25. The Morgan fingerprint density at radius 1 is 1.00 bits per heavy atom. The van der Waals surface area contributed by atoms with Gasteiger partial charge in [0.25, 0.3) is 0 Å². The summed E-state index contributed by atoms with van der Waals surface area (Å²) in [6.45, 7) is 5.65. The summed E-state index contributed by atoms with van der Waals surface area (Å²) >= 11 is 0. The molecule has 9 heteroatoms. The fourth-order valence-electron chi connectivity index (χ4n) is 4.22. The van der Waals surface area contributed by atoms with E-state index in [9.17, 15) is 14.7 Å². The number of methoxy groups -OCH3 is 1. The van der Waals surface area contributed by atoms with Gasteiger partial charge in [0.05, 0.1) is 18.9 Å². The van der Waals surface area contributed by atoms with Gasteiger partial charge in [-0.3, -0.25) is 15.6 Å². The van der Waals surface area contributed by atoms with E-state index in [0.717, 1.165) is 16.8 Å². The average Bonchev–Trinajstić information content (AvgIpc) is 2.93. The Balaban J connectivity index is 1.82. The van der Waals surface area contributed by atoms with Gasteiger partial charge in [0, 0.05) is 18.3 Å². The fourth-order valence-corrected chi connectivity index (χ4v) is 4.22. The molecule has 0 unspecified atom stereocenters. The molecule has 0 fully saturated rings. The summed E-state index contributed by atoms with van der Waals surface area (Å²) in [5.41, 5.74) is 2.96. The molecule has 1 aromatic heterocycles. The maximum atomic E-state index is 13.5. The molecule has 2 amide bonds. The molecule has 9 nitrogen and oxygen atoms in total. The second-order valence-electron chi connectivity index (χ2n) is 10.6. The van der Waals surface area contributed by atoms with Crippen LogP contribution in [0.15, 0.2) is 79.0 Å². The molecule has 0 aliphatic carbocycles. The molecule has 0 aliphatic rings. The number of carbonyl (C=O) groups is 2. The third-order valence-corrected chi connectivity index (χ3v) is 6.40. The Bertz CT molecular complexity index is 1180. The van der Waals surface area contributed by atoms with Crippen LogP contribution in [0.25, 0.3) is 11.3 Å². The number of ether oxygens (including phenoxy) is 1. The second-order valence-corrected chi connectivity index (χ2v) is 10.6. The number of nitrogens with one attached hydrogen (secondary N) is 2. The van der Waals surface area contributed by atoms with E-state index in [-0.39, 0.29) is 6.54 Å². The monoisotopic (exact) mass is 533 g/mol. The van der Waals surface area contributed by atoms with Gasteiger partial charge in [0.15, 0.2) is 0 Å². The number of alkyl carbamates (subject to hydrolysis) is 1. The number of nitrogens with zero attached hydrogens (tertiary/aromatic N) is 2. The van der Waals surface area contributed by atoms with Crippen molar-refractivity contribution in [2.45, 2.75) is 51.9 Å². The van der Waals surface area contributed by atoms with Crippen molar-refractivity contribution >= 4 is 12.0 Å². The van der Waals surface area contributed by atoms with Gasteiger partial charge in [-0.1, -0.05) is 81.4 Å². The molecule has 0 saturated heterocycles. The normalized spacial score (nSPS) is 13.8. The van der Waals surface area contributed by atoms with Crippen molar-refractivity contribution in [1.29, 1.82) is 0 Å². The number of aryl methyl sites for hydroxylation is 1. The van der Waals surface area contributed by atoms with Crippen LogP contribution < -0.4 is 16.5 Å². The standard InChI is InChI=1S/C30H39N5O4/c1-30(2,3)26(33-29(38)39-4)28(37)34-27(23-16-14-22(15-17-23)25-12-8-9-19-32-25)35(31)20-24(36)18-13-21-10-6-5-7-11-21/h5-12,14-17,19,24,26-27,36H,13,18,20,31H2,1-4H3,(H,33,38)(H,34,37)/t24-,26+,27-/m0/s1. The Morgan fingerprint density at radius 2 is 1.67 bits per heavy atom. The van der Waals surface area contributed by atoms with Crippen molar-refractivity contribution in [2.75, 3.05) is 13.7 Å². The van der Waals surface area contributed by atoms with Crippen LogP contribution in [0.3, 0.4) is 0 Å². The van der Waals surface area contributed by atoms with E-state index in [1.54, 1.807) is 6.20 Å². The Morgan fingerprint density at radius 3 is 2.26 bits per heavy atom. The van der Waals surface area contributed by atoms with Gasteiger partial charge in [0.1, 0.15) is 12.2 Å². The van der Waals surface area contributed by atoms with Crippen molar-refractivity contribution in [3.63, 3.8) is 0 Å². The summed E-state index contributed by atoms with van der Waals surface area (Å²) in [5.74, 6) is 6.06. The minimum Gasteiger partial charge on any atom is -0.453 e. The first-order valence-corrected chi connectivity index (χ1v) is 13.0. The molecule has 0 aliphatic heterocycles. The lowest BCUT2D eigenvalue weighted by molar-refractivity contribution is -0.128. The Labute approximate surface area is 230 Å². The topological polar surface area (TPSA) is 130 Å². The highest BCUT2D eigenvalue weighted by Crippen LogP contribution is 2.24. The summed E-state index contributed by atoms with van der Waals surface area (Å²) in [5, 5.41) is 17.8. The molecule has 2 aromatic carbocycles. The lowest BCUT2D eigenvalue weighted by atomic mass is 9.86. The quantitative estimate of drug-likeness (QED) is 0.168. The van der Waals surface area contributed by atoms with Crippen LogP contribution in [0.5, 0.6) is 0 Å². The molecular weight excluding hydrogens is 494 g/mol. The molecule has 1 heterocycles. The zero-order valence-corrected chi connectivity index (χ0v) is 23.0. The molecule has 0 spiro atoms. The van der Waals surface area contributed by atoms with Gasteiger partial charge in [-0.15, -0.1) is 0 Å². The van der Waals surface area contributed by atoms with Crippen LogP contribution in [0.2, 0.25) is 0 Å². The summed E-state index contributed by atoms with van der Waals surface area (Å²) in [6, 6.07) is 22.2. The summed E-state index contributed by atoms with van der Waals surface area (Å²) in [4.78, 5) is 29.8. The average molecular weight is 534 g/mol. The number of rotatable bonds is 11. The number of nitrogens with two attached hydrogens (primary N) is 1. The second kappa shape index (κ2) is 13.8. The van der Waals surface area contributed by atoms with Gasteiger partial charge in [-0.25, -0.2) is 9.80 Å². The Hall–Kier alpha value is -3.79. The zero-order chi connectivity index (χ0) is 28.4. The lowest BCUT2D eigenvalue weighted by Crippen LogP contribution is -2.57. The zero-order valence-electron chi connectivity index (χ0n) is 23.0. The van der Waals surface area contributed by atoms with Crippen LogP contribution in [0, 0.1) is 5.41 Å². The lowest BCUT2D eigenvalue weighted by Gasteiger charge is -2.35. The highest BCUT2D eigenvalue weighted by atomic mass is 16.5. The highest BCUT2D eigenvalue weighted by molar-refractivity contribution is 5.86. The number of pyridine rings is 1.